The molecule has 34 heavy (non-hydrogen) atoms. The molecule has 0 radical (unpaired) electrons. The summed E-state index contributed by atoms with van der Waals surface area (Å²) in [5.74, 6) is -0.512. The number of nitrogens with zero attached hydrogens (tertiary/aromatic N) is 4. The van der Waals surface area contributed by atoms with Crippen LogP contribution >= 0.6 is 0 Å². The van der Waals surface area contributed by atoms with Gasteiger partial charge in [0.1, 0.15) is 30.0 Å². The Labute approximate surface area is 196 Å². The molecule has 6 nitrogen and oxygen atoms in total. The number of ether oxygens (including phenoxy) is 1. The minimum Gasteiger partial charge on any atom is -0.356 e. The minimum absolute atomic E-state index is 0.0722. The van der Waals surface area contributed by atoms with Gasteiger partial charge in [-0.1, -0.05) is 30.3 Å². The first kappa shape index (κ1) is 21.2. The molecule has 3 aromatic rings. The third kappa shape index (κ3) is 3.53. The lowest BCUT2D eigenvalue weighted by molar-refractivity contribution is -0.140. The summed E-state index contributed by atoms with van der Waals surface area (Å²) in [6.07, 6.45) is 3.58. The van der Waals surface area contributed by atoms with Crippen LogP contribution in [0.5, 0.6) is 0 Å². The molecular formula is C26H24F2N4O2. The number of fused-ring (bicyclic) bond motifs is 1. The summed E-state index contributed by atoms with van der Waals surface area (Å²) < 4.78 is 34.0. The fourth-order valence-corrected chi connectivity index (χ4v) is 5.52. The van der Waals surface area contributed by atoms with Gasteiger partial charge in [-0.15, -0.1) is 0 Å². The van der Waals surface area contributed by atoms with E-state index >= 15 is 0 Å². The first-order valence-electron chi connectivity index (χ1n) is 11.6. The molecule has 0 bridgehead atoms. The third-order valence-electron chi connectivity index (χ3n) is 7.21. The lowest BCUT2D eigenvalue weighted by Gasteiger charge is -2.38. The van der Waals surface area contributed by atoms with Crippen LogP contribution in [0, 0.1) is 11.6 Å². The number of amides is 1. The zero-order chi connectivity index (χ0) is 23.3. The molecule has 0 unspecified atom stereocenters. The number of carbonyl (C=O) groups excluding carboxylic acids is 1. The Morgan fingerprint density at radius 2 is 1.68 bits per heavy atom. The van der Waals surface area contributed by atoms with Crippen LogP contribution in [-0.4, -0.2) is 45.7 Å². The molecule has 0 N–H and O–H groups in total. The van der Waals surface area contributed by atoms with Gasteiger partial charge in [-0.25, -0.2) is 18.7 Å². The highest BCUT2D eigenvalue weighted by Gasteiger charge is 2.58. The second kappa shape index (κ2) is 8.13. The van der Waals surface area contributed by atoms with Crippen molar-refractivity contribution in [3.63, 3.8) is 0 Å². The molecule has 3 fully saturated rings. The van der Waals surface area contributed by atoms with Crippen molar-refractivity contribution in [2.24, 2.45) is 0 Å². The summed E-state index contributed by atoms with van der Waals surface area (Å²) in [4.78, 5) is 26.3. The van der Waals surface area contributed by atoms with Crippen LogP contribution in [0.4, 0.5) is 14.6 Å². The van der Waals surface area contributed by atoms with E-state index in [1.54, 1.807) is 11.2 Å². The molecule has 2 aromatic carbocycles. The Hall–Kier alpha value is -3.39. The van der Waals surface area contributed by atoms with Crippen molar-refractivity contribution in [1.29, 1.82) is 0 Å². The number of rotatable bonds is 3. The van der Waals surface area contributed by atoms with Gasteiger partial charge < -0.3 is 14.5 Å². The molecule has 6 rings (SSSR count). The number of aromatic nitrogens is 2. The van der Waals surface area contributed by atoms with Crippen LogP contribution in [-0.2, 0) is 9.53 Å². The van der Waals surface area contributed by atoms with Crippen molar-refractivity contribution in [3.05, 3.63) is 78.1 Å². The lowest BCUT2D eigenvalue weighted by atomic mass is 9.89. The molecule has 8 heteroatoms. The van der Waals surface area contributed by atoms with Gasteiger partial charge >= 0.3 is 0 Å². The van der Waals surface area contributed by atoms with Crippen LogP contribution in [0.1, 0.15) is 37.3 Å². The first-order valence-corrected chi connectivity index (χ1v) is 11.6. The number of anilines is 1. The molecule has 4 heterocycles. The number of benzene rings is 2. The predicted octanol–water partition coefficient (Wildman–Crippen LogP) is 4.48. The standard InChI is InChI=1S/C26H24F2N4O2/c27-19-12-18(13-20(28)14-19)22-6-7-24-32(22)25(33)26(34-24)8-10-31(11-9-26)23-15-21(29-16-30-23)17-4-2-1-3-5-17/h1-5,12-16,22,24H,6-11H2/t22-,24+/m0/s1. The zero-order valence-electron chi connectivity index (χ0n) is 18.5. The molecule has 2 atom stereocenters. The maximum absolute atomic E-state index is 13.8. The van der Waals surface area contributed by atoms with E-state index in [-0.39, 0.29) is 18.2 Å². The Morgan fingerprint density at radius 1 is 0.941 bits per heavy atom. The summed E-state index contributed by atoms with van der Waals surface area (Å²) in [5.41, 5.74) is 1.47. The smallest absolute Gasteiger partial charge is 0.257 e. The van der Waals surface area contributed by atoms with Gasteiger partial charge in [-0.3, -0.25) is 4.79 Å². The van der Waals surface area contributed by atoms with Crippen molar-refractivity contribution in [2.75, 3.05) is 18.0 Å². The summed E-state index contributed by atoms with van der Waals surface area (Å²) in [7, 11) is 0. The Morgan fingerprint density at radius 3 is 2.41 bits per heavy atom. The highest BCUT2D eigenvalue weighted by molar-refractivity contribution is 5.88. The first-order chi connectivity index (χ1) is 16.5. The van der Waals surface area contributed by atoms with Crippen molar-refractivity contribution in [3.8, 4) is 11.3 Å². The average Bonchev–Trinajstić information content (AvgIpc) is 3.37. The molecular weight excluding hydrogens is 438 g/mol. The second-order valence-corrected chi connectivity index (χ2v) is 9.19. The largest absolute Gasteiger partial charge is 0.356 e. The van der Waals surface area contributed by atoms with Gasteiger partial charge in [-0.05, 0) is 30.5 Å². The molecule has 0 saturated carbocycles. The molecule has 1 aromatic heterocycles. The van der Waals surface area contributed by atoms with Gasteiger partial charge in [-0.2, -0.15) is 0 Å². The maximum atomic E-state index is 13.8. The average molecular weight is 463 g/mol. The van der Waals surface area contributed by atoms with Crippen molar-refractivity contribution < 1.29 is 18.3 Å². The Balaban J connectivity index is 1.19. The van der Waals surface area contributed by atoms with Gasteiger partial charge in [0.15, 0.2) is 5.60 Å². The maximum Gasteiger partial charge on any atom is 0.257 e. The number of carbonyl (C=O) groups is 1. The number of halogens is 2. The fraction of sp³-hybridized carbons (Fsp3) is 0.346. The van der Waals surface area contributed by atoms with E-state index in [0.29, 0.717) is 44.3 Å². The van der Waals surface area contributed by atoms with E-state index in [4.69, 9.17) is 4.74 Å². The van der Waals surface area contributed by atoms with E-state index in [1.807, 2.05) is 36.4 Å². The SMILES string of the molecule is O=C1N2[C@@H](CC[C@H]2c2cc(F)cc(F)c2)OC12CCN(c1cc(-c3ccccc3)ncn1)CC2. The molecule has 3 aliphatic heterocycles. The van der Waals surface area contributed by atoms with Gasteiger partial charge in [0, 0.05) is 43.6 Å². The second-order valence-electron chi connectivity index (χ2n) is 9.19. The van der Waals surface area contributed by atoms with E-state index in [9.17, 15) is 13.6 Å². The van der Waals surface area contributed by atoms with Crippen molar-refractivity contribution in [2.45, 2.75) is 43.6 Å². The summed E-state index contributed by atoms with van der Waals surface area (Å²) >= 11 is 0. The van der Waals surface area contributed by atoms with E-state index < -0.39 is 17.2 Å². The van der Waals surface area contributed by atoms with Crippen LogP contribution in [0.3, 0.4) is 0 Å². The van der Waals surface area contributed by atoms with Gasteiger partial charge in [0.05, 0.1) is 11.7 Å². The molecule has 174 valence electrons. The van der Waals surface area contributed by atoms with Crippen LogP contribution in [0.2, 0.25) is 0 Å². The van der Waals surface area contributed by atoms with E-state index in [1.165, 1.54) is 12.1 Å². The summed E-state index contributed by atoms with van der Waals surface area (Å²) in [6.45, 7) is 1.24. The highest BCUT2D eigenvalue weighted by Crippen LogP contribution is 2.48. The number of hydrogen-bond acceptors (Lipinski definition) is 5. The van der Waals surface area contributed by atoms with Gasteiger partial charge in [0.25, 0.3) is 5.91 Å². The summed E-state index contributed by atoms with van der Waals surface area (Å²) in [5, 5.41) is 0. The normalized spacial score (nSPS) is 23.5. The minimum atomic E-state index is -0.888. The Kier molecular flexibility index (Phi) is 5.06. The van der Waals surface area contributed by atoms with Gasteiger partial charge in [0.2, 0.25) is 0 Å². The molecule has 1 amide bonds. The topological polar surface area (TPSA) is 58.6 Å². The number of piperidine rings is 1. The highest BCUT2D eigenvalue weighted by atomic mass is 19.1. The van der Waals surface area contributed by atoms with Crippen LogP contribution in [0.15, 0.2) is 60.9 Å². The lowest BCUT2D eigenvalue weighted by Crippen LogP contribution is -2.50. The van der Waals surface area contributed by atoms with Crippen molar-refractivity contribution >= 4 is 11.7 Å². The number of hydrogen-bond donors (Lipinski definition) is 0. The molecule has 0 aliphatic carbocycles. The third-order valence-corrected chi connectivity index (χ3v) is 7.21. The van der Waals surface area contributed by atoms with Crippen LogP contribution in [0.25, 0.3) is 11.3 Å². The fourth-order valence-electron chi connectivity index (χ4n) is 5.52. The van der Waals surface area contributed by atoms with E-state index in [2.05, 4.69) is 14.9 Å². The Bertz CT molecular complexity index is 1210. The quantitative estimate of drug-likeness (QED) is 0.575. The monoisotopic (exact) mass is 462 g/mol. The van der Waals surface area contributed by atoms with Crippen molar-refractivity contribution in [1.82, 2.24) is 14.9 Å². The zero-order valence-corrected chi connectivity index (χ0v) is 18.5. The van der Waals surface area contributed by atoms with E-state index in [0.717, 1.165) is 23.1 Å². The molecule has 3 saturated heterocycles. The van der Waals surface area contributed by atoms with Crippen LogP contribution < -0.4 is 4.90 Å². The predicted molar refractivity (Wildman–Crippen MR) is 122 cm³/mol. The molecule has 3 aliphatic rings. The molecule has 1 spiro atoms. The summed E-state index contributed by atoms with van der Waals surface area (Å²) in [6, 6.07) is 15.0.